The van der Waals surface area contributed by atoms with Gasteiger partial charge >= 0.3 is 0 Å². The smallest absolute Gasteiger partial charge is 0.224 e. The van der Waals surface area contributed by atoms with Gasteiger partial charge in [-0.25, -0.2) is 4.98 Å². The van der Waals surface area contributed by atoms with Gasteiger partial charge in [-0.1, -0.05) is 20.3 Å². The molecule has 0 bridgehead atoms. The molecule has 0 fully saturated rings. The molecule has 0 saturated heterocycles. The summed E-state index contributed by atoms with van der Waals surface area (Å²) in [4.78, 5) is 8.61. The van der Waals surface area contributed by atoms with Crippen LogP contribution in [0.2, 0.25) is 0 Å². The van der Waals surface area contributed by atoms with Crippen molar-refractivity contribution in [3.63, 3.8) is 0 Å². The zero-order valence-electron chi connectivity index (χ0n) is 11.6. The molecule has 0 aliphatic carbocycles. The fourth-order valence-electron chi connectivity index (χ4n) is 1.72. The summed E-state index contributed by atoms with van der Waals surface area (Å²) >= 11 is 0. The van der Waals surface area contributed by atoms with Crippen LogP contribution in [0.1, 0.15) is 33.1 Å². The van der Waals surface area contributed by atoms with Gasteiger partial charge in [0.05, 0.1) is 12.6 Å². The van der Waals surface area contributed by atoms with Gasteiger partial charge in [0.1, 0.15) is 5.82 Å². The van der Waals surface area contributed by atoms with Crippen molar-refractivity contribution in [1.82, 2.24) is 9.97 Å². The largest absolute Gasteiger partial charge is 0.383 e. The molecule has 18 heavy (non-hydrogen) atoms. The number of rotatable bonds is 9. The summed E-state index contributed by atoms with van der Waals surface area (Å²) in [5, 5.41) is 6.56. The third-order valence-corrected chi connectivity index (χ3v) is 2.55. The van der Waals surface area contributed by atoms with Gasteiger partial charge in [-0.3, -0.25) is 0 Å². The van der Waals surface area contributed by atoms with Crippen molar-refractivity contribution in [2.24, 2.45) is 0 Å². The van der Waals surface area contributed by atoms with E-state index in [4.69, 9.17) is 4.74 Å². The lowest BCUT2D eigenvalue weighted by Gasteiger charge is -2.18. The predicted octanol–water partition coefficient (Wildman–Crippen LogP) is 2.53. The second kappa shape index (κ2) is 8.69. The molecule has 0 radical (unpaired) electrons. The zero-order valence-corrected chi connectivity index (χ0v) is 11.6. The summed E-state index contributed by atoms with van der Waals surface area (Å²) in [5.41, 5.74) is 0. The standard InChI is InChI=1S/C13H24N4O/c1-4-6-11(10-18-3)16-12-7-9-15-13(17-12)14-8-5-2/h7,9,11H,4-6,8,10H2,1-3H3,(H2,14,15,16,17). The quantitative estimate of drug-likeness (QED) is 0.707. The average molecular weight is 252 g/mol. The lowest BCUT2D eigenvalue weighted by Crippen LogP contribution is -2.25. The molecule has 1 aromatic rings. The summed E-state index contributed by atoms with van der Waals surface area (Å²) in [6, 6.07) is 2.18. The number of hydrogen-bond donors (Lipinski definition) is 2. The normalized spacial score (nSPS) is 12.2. The van der Waals surface area contributed by atoms with E-state index in [0.29, 0.717) is 18.6 Å². The first-order valence-electron chi connectivity index (χ1n) is 6.62. The van der Waals surface area contributed by atoms with E-state index in [1.165, 1.54) is 0 Å². The third-order valence-electron chi connectivity index (χ3n) is 2.55. The Labute approximate surface area is 109 Å². The van der Waals surface area contributed by atoms with Crippen molar-refractivity contribution in [3.05, 3.63) is 12.3 Å². The fourth-order valence-corrected chi connectivity index (χ4v) is 1.72. The highest BCUT2D eigenvalue weighted by atomic mass is 16.5. The maximum atomic E-state index is 5.20. The number of anilines is 2. The molecule has 5 heteroatoms. The van der Waals surface area contributed by atoms with Crippen molar-refractivity contribution in [1.29, 1.82) is 0 Å². The molecule has 0 aliphatic heterocycles. The molecule has 1 rings (SSSR count). The molecule has 1 atom stereocenters. The number of hydrogen-bond acceptors (Lipinski definition) is 5. The maximum absolute atomic E-state index is 5.20. The molecule has 1 unspecified atom stereocenters. The van der Waals surface area contributed by atoms with Gasteiger partial charge in [0, 0.05) is 19.9 Å². The first kappa shape index (κ1) is 14.7. The summed E-state index contributed by atoms with van der Waals surface area (Å²) in [5.74, 6) is 1.52. The van der Waals surface area contributed by atoms with Crippen LogP contribution in [0, 0.1) is 0 Å². The number of aromatic nitrogens is 2. The van der Waals surface area contributed by atoms with E-state index in [2.05, 4.69) is 34.4 Å². The molecule has 102 valence electrons. The minimum atomic E-state index is 0.300. The summed E-state index contributed by atoms with van der Waals surface area (Å²) in [7, 11) is 1.72. The zero-order chi connectivity index (χ0) is 13.2. The van der Waals surface area contributed by atoms with Gasteiger partial charge in [0.15, 0.2) is 0 Å². The van der Waals surface area contributed by atoms with Crippen LogP contribution in [0.4, 0.5) is 11.8 Å². The Kier molecular flexibility index (Phi) is 7.10. The Morgan fingerprint density at radius 1 is 1.33 bits per heavy atom. The molecular weight excluding hydrogens is 228 g/mol. The molecule has 0 amide bonds. The van der Waals surface area contributed by atoms with Crippen molar-refractivity contribution in [2.45, 2.75) is 39.2 Å². The number of nitrogens with one attached hydrogen (secondary N) is 2. The molecule has 0 saturated carbocycles. The highest BCUT2D eigenvalue weighted by Gasteiger charge is 2.08. The number of methoxy groups -OCH3 is 1. The average Bonchev–Trinajstić information content (AvgIpc) is 2.37. The van der Waals surface area contributed by atoms with Crippen LogP contribution in [-0.4, -0.2) is 36.3 Å². The van der Waals surface area contributed by atoms with E-state index in [0.717, 1.165) is 31.6 Å². The third kappa shape index (κ3) is 5.31. The minimum Gasteiger partial charge on any atom is -0.383 e. The number of ether oxygens (including phenoxy) is 1. The van der Waals surface area contributed by atoms with Crippen LogP contribution >= 0.6 is 0 Å². The Morgan fingerprint density at radius 2 is 2.17 bits per heavy atom. The van der Waals surface area contributed by atoms with Crippen LogP contribution in [0.15, 0.2) is 12.3 Å². The highest BCUT2D eigenvalue weighted by Crippen LogP contribution is 2.10. The van der Waals surface area contributed by atoms with E-state index in [1.54, 1.807) is 13.3 Å². The van der Waals surface area contributed by atoms with E-state index in [9.17, 15) is 0 Å². The van der Waals surface area contributed by atoms with Gasteiger partial charge in [0.25, 0.3) is 0 Å². The Balaban J connectivity index is 2.58. The predicted molar refractivity (Wildman–Crippen MR) is 75.0 cm³/mol. The first-order valence-corrected chi connectivity index (χ1v) is 6.62. The lowest BCUT2D eigenvalue weighted by atomic mass is 10.2. The topological polar surface area (TPSA) is 59.1 Å². The van der Waals surface area contributed by atoms with Crippen molar-refractivity contribution >= 4 is 11.8 Å². The van der Waals surface area contributed by atoms with Gasteiger partial charge < -0.3 is 15.4 Å². The SMILES string of the molecule is CCCNc1nccc(NC(CCC)COC)n1. The molecular formula is C13H24N4O. The Morgan fingerprint density at radius 3 is 2.83 bits per heavy atom. The van der Waals surface area contributed by atoms with Crippen LogP contribution < -0.4 is 10.6 Å². The Hall–Kier alpha value is -1.36. The fraction of sp³-hybridized carbons (Fsp3) is 0.692. The van der Waals surface area contributed by atoms with E-state index in [-0.39, 0.29) is 0 Å². The summed E-state index contributed by atoms with van der Waals surface area (Å²) < 4.78 is 5.20. The van der Waals surface area contributed by atoms with Crippen LogP contribution in [0.3, 0.4) is 0 Å². The molecule has 0 spiro atoms. The van der Waals surface area contributed by atoms with Gasteiger partial charge in [-0.2, -0.15) is 4.98 Å². The highest BCUT2D eigenvalue weighted by molar-refractivity contribution is 5.40. The molecule has 0 aromatic carbocycles. The second-order valence-electron chi connectivity index (χ2n) is 4.28. The van der Waals surface area contributed by atoms with E-state index < -0.39 is 0 Å². The van der Waals surface area contributed by atoms with Crippen molar-refractivity contribution in [3.8, 4) is 0 Å². The maximum Gasteiger partial charge on any atom is 0.224 e. The Bertz CT molecular complexity index is 327. The minimum absolute atomic E-state index is 0.300. The van der Waals surface area contributed by atoms with Gasteiger partial charge in [0.2, 0.25) is 5.95 Å². The molecule has 0 aliphatic rings. The summed E-state index contributed by atoms with van der Waals surface area (Å²) in [6.45, 7) is 5.86. The molecule has 1 heterocycles. The second-order valence-corrected chi connectivity index (χ2v) is 4.28. The van der Waals surface area contributed by atoms with E-state index >= 15 is 0 Å². The molecule has 1 aromatic heterocycles. The molecule has 2 N–H and O–H groups in total. The van der Waals surface area contributed by atoms with Crippen molar-refractivity contribution in [2.75, 3.05) is 30.9 Å². The first-order chi connectivity index (χ1) is 8.80. The lowest BCUT2D eigenvalue weighted by molar-refractivity contribution is 0.182. The monoisotopic (exact) mass is 252 g/mol. The van der Waals surface area contributed by atoms with Crippen LogP contribution in [0.5, 0.6) is 0 Å². The van der Waals surface area contributed by atoms with Crippen LogP contribution in [-0.2, 0) is 4.74 Å². The van der Waals surface area contributed by atoms with Gasteiger partial charge in [-0.15, -0.1) is 0 Å². The molecule has 5 nitrogen and oxygen atoms in total. The van der Waals surface area contributed by atoms with E-state index in [1.807, 2.05) is 6.07 Å². The van der Waals surface area contributed by atoms with Gasteiger partial charge in [-0.05, 0) is 18.9 Å². The number of nitrogens with zero attached hydrogens (tertiary/aromatic N) is 2. The summed E-state index contributed by atoms with van der Waals surface area (Å²) in [6.07, 6.45) is 5.01. The van der Waals surface area contributed by atoms with Crippen LogP contribution in [0.25, 0.3) is 0 Å². The van der Waals surface area contributed by atoms with Crippen molar-refractivity contribution < 1.29 is 4.74 Å².